The molecule has 2 aromatic carbocycles. The van der Waals surface area contributed by atoms with Gasteiger partial charge in [-0.15, -0.1) is 0 Å². The normalized spacial score (nSPS) is 22.4. The van der Waals surface area contributed by atoms with Crippen molar-refractivity contribution in [3.63, 3.8) is 0 Å². The molecule has 2 atom stereocenters. The molecular weight excluding hydrogens is 335 g/mol. The predicted octanol–water partition coefficient (Wildman–Crippen LogP) is 4.31. The van der Waals surface area contributed by atoms with Gasteiger partial charge in [0.15, 0.2) is 0 Å². The number of fused-ring (bicyclic) bond motifs is 1. The van der Waals surface area contributed by atoms with Crippen LogP contribution in [0.15, 0.2) is 36.4 Å². The Bertz CT molecular complexity index is 857. The van der Waals surface area contributed by atoms with Crippen LogP contribution in [0.3, 0.4) is 0 Å². The first-order valence-corrected chi connectivity index (χ1v) is 8.80. The molecule has 0 bridgehead atoms. The van der Waals surface area contributed by atoms with Gasteiger partial charge in [-0.05, 0) is 49.6 Å². The lowest BCUT2D eigenvalue weighted by Gasteiger charge is -2.16. The van der Waals surface area contributed by atoms with Crippen LogP contribution in [-0.4, -0.2) is 23.3 Å². The fourth-order valence-corrected chi connectivity index (χ4v) is 3.57. The largest absolute Gasteiger partial charge is 0.493 e. The Balaban J connectivity index is 1.51. The van der Waals surface area contributed by atoms with Gasteiger partial charge in [-0.25, -0.2) is 4.39 Å². The number of hydrogen-bond donors (Lipinski definition) is 1. The molecule has 2 aliphatic rings. The monoisotopic (exact) mass is 356 g/mol. The number of benzene rings is 2. The van der Waals surface area contributed by atoms with Crippen LogP contribution in [0.1, 0.15) is 25.8 Å². The van der Waals surface area contributed by atoms with Crippen molar-refractivity contribution < 1.29 is 23.8 Å². The SMILES string of the molecule is CC1(C)Cc2c(cc(F)cc2-c2ccc(OCC3CC3C(=O)O)cc2)O1. The third-order valence-electron chi connectivity index (χ3n) is 5.03. The Labute approximate surface area is 151 Å². The molecule has 1 fully saturated rings. The summed E-state index contributed by atoms with van der Waals surface area (Å²) in [4.78, 5) is 10.9. The Kier molecular flexibility index (Phi) is 3.90. The number of aliphatic carboxylic acids is 1. The molecule has 26 heavy (non-hydrogen) atoms. The van der Waals surface area contributed by atoms with Crippen LogP contribution in [-0.2, 0) is 11.2 Å². The molecule has 2 aromatic rings. The van der Waals surface area contributed by atoms with Crippen molar-refractivity contribution in [2.24, 2.45) is 11.8 Å². The molecule has 1 saturated carbocycles. The molecule has 1 heterocycles. The van der Waals surface area contributed by atoms with E-state index in [1.54, 1.807) is 6.07 Å². The highest BCUT2D eigenvalue weighted by Gasteiger charge is 2.43. The van der Waals surface area contributed by atoms with Crippen molar-refractivity contribution >= 4 is 5.97 Å². The van der Waals surface area contributed by atoms with E-state index in [-0.39, 0.29) is 23.3 Å². The van der Waals surface area contributed by atoms with Crippen molar-refractivity contribution in [1.29, 1.82) is 0 Å². The van der Waals surface area contributed by atoms with Gasteiger partial charge in [-0.2, -0.15) is 0 Å². The minimum atomic E-state index is -0.751. The van der Waals surface area contributed by atoms with E-state index in [4.69, 9.17) is 14.6 Å². The third-order valence-corrected chi connectivity index (χ3v) is 5.03. The summed E-state index contributed by atoms with van der Waals surface area (Å²) < 4.78 is 25.5. The second-order valence-corrected chi connectivity index (χ2v) is 7.74. The predicted molar refractivity (Wildman–Crippen MR) is 95.0 cm³/mol. The fourth-order valence-electron chi connectivity index (χ4n) is 3.57. The summed E-state index contributed by atoms with van der Waals surface area (Å²) in [6.07, 6.45) is 1.41. The first-order valence-electron chi connectivity index (χ1n) is 8.80. The van der Waals surface area contributed by atoms with Gasteiger partial charge in [-0.1, -0.05) is 12.1 Å². The van der Waals surface area contributed by atoms with Crippen LogP contribution in [0, 0.1) is 17.7 Å². The van der Waals surface area contributed by atoms with E-state index in [0.29, 0.717) is 24.5 Å². The average molecular weight is 356 g/mol. The molecule has 1 aliphatic carbocycles. The topological polar surface area (TPSA) is 55.8 Å². The minimum absolute atomic E-state index is 0.0954. The van der Waals surface area contributed by atoms with E-state index in [1.807, 2.05) is 38.1 Å². The minimum Gasteiger partial charge on any atom is -0.493 e. The zero-order valence-electron chi connectivity index (χ0n) is 14.8. The lowest BCUT2D eigenvalue weighted by molar-refractivity contribution is -0.138. The van der Waals surface area contributed by atoms with Gasteiger partial charge in [0.05, 0.1) is 12.5 Å². The molecule has 0 aromatic heterocycles. The van der Waals surface area contributed by atoms with E-state index in [1.165, 1.54) is 6.07 Å². The number of hydrogen-bond acceptors (Lipinski definition) is 3. The lowest BCUT2D eigenvalue weighted by atomic mass is 9.93. The van der Waals surface area contributed by atoms with Gasteiger partial charge in [0.25, 0.3) is 0 Å². The van der Waals surface area contributed by atoms with Crippen LogP contribution in [0.25, 0.3) is 11.1 Å². The maximum Gasteiger partial charge on any atom is 0.306 e. The quantitative estimate of drug-likeness (QED) is 0.868. The zero-order chi connectivity index (χ0) is 18.5. The average Bonchev–Trinajstić information content (AvgIpc) is 3.29. The molecule has 0 spiro atoms. The highest BCUT2D eigenvalue weighted by molar-refractivity contribution is 5.73. The molecule has 5 heteroatoms. The highest BCUT2D eigenvalue weighted by Crippen LogP contribution is 2.42. The Morgan fingerprint density at radius 3 is 2.69 bits per heavy atom. The molecule has 0 saturated heterocycles. The van der Waals surface area contributed by atoms with Crippen LogP contribution < -0.4 is 9.47 Å². The van der Waals surface area contributed by atoms with Gasteiger partial charge in [0.1, 0.15) is 22.9 Å². The summed E-state index contributed by atoms with van der Waals surface area (Å²) in [5.41, 5.74) is 2.43. The number of halogens is 1. The van der Waals surface area contributed by atoms with Crippen molar-refractivity contribution in [3.8, 4) is 22.6 Å². The Hall–Kier alpha value is -2.56. The van der Waals surface area contributed by atoms with Gasteiger partial charge in [0, 0.05) is 24.0 Å². The van der Waals surface area contributed by atoms with Gasteiger partial charge in [0.2, 0.25) is 0 Å². The number of carbonyl (C=O) groups is 1. The van der Waals surface area contributed by atoms with Gasteiger partial charge in [-0.3, -0.25) is 4.79 Å². The summed E-state index contributed by atoms with van der Waals surface area (Å²) in [6, 6.07) is 10.5. The smallest absolute Gasteiger partial charge is 0.306 e. The van der Waals surface area contributed by atoms with Gasteiger partial charge < -0.3 is 14.6 Å². The van der Waals surface area contributed by atoms with E-state index in [0.717, 1.165) is 23.1 Å². The fraction of sp³-hybridized carbons (Fsp3) is 0.381. The molecule has 1 aliphatic heterocycles. The highest BCUT2D eigenvalue weighted by atomic mass is 19.1. The first-order chi connectivity index (χ1) is 12.3. The van der Waals surface area contributed by atoms with E-state index in [2.05, 4.69) is 0 Å². The summed E-state index contributed by atoms with van der Waals surface area (Å²) in [5, 5.41) is 8.92. The molecule has 2 unspecified atom stereocenters. The standard InChI is InChI=1S/C21H21FO4/c1-21(2)10-18-16(8-14(22)9-19(18)26-21)12-3-5-15(6-4-12)25-11-13-7-17(13)20(23)24/h3-6,8-9,13,17H,7,10-11H2,1-2H3,(H,23,24). The van der Waals surface area contributed by atoms with E-state index >= 15 is 0 Å². The van der Waals surface area contributed by atoms with Crippen LogP contribution in [0.4, 0.5) is 4.39 Å². The van der Waals surface area contributed by atoms with Crippen LogP contribution >= 0.6 is 0 Å². The lowest BCUT2D eigenvalue weighted by Crippen LogP contribution is -2.24. The summed E-state index contributed by atoms with van der Waals surface area (Å²) >= 11 is 0. The van der Waals surface area contributed by atoms with Crippen LogP contribution in [0.5, 0.6) is 11.5 Å². The second-order valence-electron chi connectivity index (χ2n) is 7.74. The molecule has 0 amide bonds. The molecule has 136 valence electrons. The number of rotatable bonds is 5. The Morgan fingerprint density at radius 2 is 2.04 bits per heavy atom. The number of carboxylic acids is 1. The number of ether oxygens (including phenoxy) is 2. The van der Waals surface area contributed by atoms with Gasteiger partial charge >= 0.3 is 5.97 Å². The first kappa shape index (κ1) is 16.9. The van der Waals surface area contributed by atoms with Crippen molar-refractivity contribution in [2.45, 2.75) is 32.3 Å². The van der Waals surface area contributed by atoms with E-state index < -0.39 is 5.97 Å². The van der Waals surface area contributed by atoms with Crippen molar-refractivity contribution in [1.82, 2.24) is 0 Å². The summed E-state index contributed by atoms with van der Waals surface area (Å²) in [7, 11) is 0. The Morgan fingerprint density at radius 1 is 1.31 bits per heavy atom. The molecular formula is C21H21FO4. The molecule has 0 radical (unpaired) electrons. The molecule has 4 nitrogen and oxygen atoms in total. The zero-order valence-corrected chi connectivity index (χ0v) is 14.8. The number of carboxylic acid groups (broad SMARTS) is 1. The molecule has 1 N–H and O–H groups in total. The summed E-state index contributed by atoms with van der Waals surface area (Å²) in [5.74, 6) is 0.0583. The summed E-state index contributed by atoms with van der Waals surface area (Å²) in [6.45, 7) is 4.40. The van der Waals surface area contributed by atoms with Crippen molar-refractivity contribution in [2.75, 3.05) is 6.61 Å². The maximum absolute atomic E-state index is 14.0. The van der Waals surface area contributed by atoms with Crippen molar-refractivity contribution in [3.05, 3.63) is 47.8 Å². The van der Waals surface area contributed by atoms with Crippen LogP contribution in [0.2, 0.25) is 0 Å². The second kappa shape index (κ2) is 6.01. The third kappa shape index (κ3) is 3.26. The van der Waals surface area contributed by atoms with E-state index in [9.17, 15) is 9.18 Å². The maximum atomic E-state index is 14.0. The molecule has 4 rings (SSSR count).